The van der Waals surface area contributed by atoms with E-state index >= 15 is 0 Å². The molecule has 0 bridgehead atoms. The zero-order valence-corrected chi connectivity index (χ0v) is 19.1. The molecule has 2 atom stereocenters. The summed E-state index contributed by atoms with van der Waals surface area (Å²) < 4.78 is 54.9. The van der Waals surface area contributed by atoms with E-state index < -0.39 is 38.6 Å². The van der Waals surface area contributed by atoms with E-state index in [1.807, 2.05) is 13.8 Å². The number of hydrogen-bond donors (Lipinski definition) is 1. The van der Waals surface area contributed by atoms with Crippen molar-refractivity contribution in [3.8, 4) is 0 Å². The van der Waals surface area contributed by atoms with Crippen molar-refractivity contribution >= 4 is 19.9 Å². The van der Waals surface area contributed by atoms with Gasteiger partial charge in [-0.1, -0.05) is 49.2 Å². The predicted molar refractivity (Wildman–Crippen MR) is 116 cm³/mol. The highest BCUT2D eigenvalue weighted by atomic mass is 32.2. The first kappa shape index (κ1) is 22.7. The molecule has 0 saturated carbocycles. The second-order valence-corrected chi connectivity index (χ2v) is 11.8. The molecule has 0 spiro atoms. The molecule has 0 unspecified atom stereocenters. The van der Waals surface area contributed by atoms with E-state index in [9.17, 15) is 21.9 Å². The lowest BCUT2D eigenvalue weighted by Crippen LogP contribution is -2.47. The van der Waals surface area contributed by atoms with Crippen LogP contribution in [0.4, 0.5) is 0 Å². The van der Waals surface area contributed by atoms with Gasteiger partial charge in [0.2, 0.25) is 19.9 Å². The average molecular weight is 450 g/mol. The fourth-order valence-electron chi connectivity index (χ4n) is 3.71. The van der Waals surface area contributed by atoms with Gasteiger partial charge in [0.25, 0.3) is 0 Å². The van der Waals surface area contributed by atoms with E-state index in [1.165, 1.54) is 30.3 Å². The number of hydrogen-bond acceptors (Lipinski definition) is 5. The Morgan fingerprint density at radius 2 is 1.33 bits per heavy atom. The van der Waals surface area contributed by atoms with Crippen LogP contribution in [0.3, 0.4) is 0 Å². The van der Waals surface area contributed by atoms with Gasteiger partial charge in [-0.05, 0) is 50.1 Å². The minimum absolute atomic E-state index is 0.0103. The molecule has 0 aromatic heterocycles. The third kappa shape index (κ3) is 3.97. The van der Waals surface area contributed by atoms with Crippen LogP contribution in [0, 0.1) is 19.8 Å². The Morgan fingerprint density at radius 1 is 0.867 bits per heavy atom. The molecule has 2 aromatic rings. The third-order valence-corrected chi connectivity index (χ3v) is 9.12. The van der Waals surface area contributed by atoms with Gasteiger partial charge in [-0.3, -0.25) is 0 Å². The third-order valence-electron chi connectivity index (χ3n) is 5.31. The fraction of sp³-hybridized carbons (Fsp3) is 0.364. The highest BCUT2D eigenvalue weighted by molar-refractivity contribution is 7.95. The summed E-state index contributed by atoms with van der Waals surface area (Å²) >= 11 is 0. The normalized spacial score (nSPS) is 20.5. The van der Waals surface area contributed by atoms with Crippen molar-refractivity contribution in [3.05, 3.63) is 70.6 Å². The van der Waals surface area contributed by atoms with Gasteiger partial charge in [0.1, 0.15) is 0 Å². The van der Waals surface area contributed by atoms with E-state index in [4.69, 9.17) is 0 Å². The lowest BCUT2D eigenvalue weighted by Gasteiger charge is -2.32. The second-order valence-electron chi connectivity index (χ2n) is 7.97. The quantitative estimate of drug-likeness (QED) is 0.732. The summed E-state index contributed by atoms with van der Waals surface area (Å²) in [5.74, 6) is -0.326. The van der Waals surface area contributed by atoms with E-state index in [0.29, 0.717) is 0 Å². The smallest absolute Gasteiger partial charge is 0.244 e. The highest BCUT2D eigenvalue weighted by Crippen LogP contribution is 2.39. The van der Waals surface area contributed by atoms with Gasteiger partial charge < -0.3 is 5.11 Å². The van der Waals surface area contributed by atoms with Crippen LogP contribution in [0.2, 0.25) is 0 Å². The molecule has 0 aliphatic carbocycles. The molecule has 2 aromatic carbocycles. The Hall–Kier alpha value is -2.00. The Bertz CT molecular complexity index is 1150. The van der Waals surface area contributed by atoms with Crippen molar-refractivity contribution in [2.75, 3.05) is 6.61 Å². The Labute approximate surface area is 178 Å². The van der Waals surface area contributed by atoms with Gasteiger partial charge in [0, 0.05) is 0 Å². The number of aliphatic hydroxyl groups excluding tert-OH is 1. The molecule has 162 valence electrons. The highest BCUT2D eigenvalue weighted by Gasteiger charge is 2.48. The lowest BCUT2D eigenvalue weighted by molar-refractivity contribution is 0.195. The van der Waals surface area contributed by atoms with Gasteiger partial charge in [0.05, 0.1) is 33.4 Å². The maximum atomic E-state index is 13.5. The number of sulfone groups is 1. The van der Waals surface area contributed by atoms with Gasteiger partial charge in [-0.15, -0.1) is 0 Å². The van der Waals surface area contributed by atoms with Crippen molar-refractivity contribution in [1.82, 2.24) is 4.31 Å². The van der Waals surface area contributed by atoms with E-state index in [1.54, 1.807) is 38.1 Å². The van der Waals surface area contributed by atoms with Crippen LogP contribution in [0.1, 0.15) is 25.0 Å². The maximum Gasteiger partial charge on any atom is 0.244 e. The van der Waals surface area contributed by atoms with E-state index in [2.05, 4.69) is 0 Å². The van der Waals surface area contributed by atoms with Crippen LogP contribution in [0.25, 0.3) is 0 Å². The van der Waals surface area contributed by atoms with Gasteiger partial charge in [0.15, 0.2) is 0 Å². The summed E-state index contributed by atoms with van der Waals surface area (Å²) in [6.07, 6.45) is 1.38. The summed E-state index contributed by atoms with van der Waals surface area (Å²) in [6.45, 7) is 6.76. The Balaban J connectivity index is 2.13. The summed E-state index contributed by atoms with van der Waals surface area (Å²) in [7, 11) is -7.97. The van der Waals surface area contributed by atoms with E-state index in [-0.39, 0.29) is 20.6 Å². The SMILES string of the molecule is Cc1ccc(S(=O)(=O)C2=C[C@H](CO)N(S(=O)(=O)c3ccc(C)cc3)[C@H]2C(C)C)cc1. The molecular formula is C22H27NO5S2. The summed E-state index contributed by atoms with van der Waals surface area (Å²) in [5, 5.41) is 9.94. The molecule has 1 N–H and O–H groups in total. The fourth-order valence-corrected chi connectivity index (χ4v) is 7.45. The second kappa shape index (κ2) is 8.26. The minimum atomic E-state index is -4.04. The maximum absolute atomic E-state index is 13.5. The van der Waals surface area contributed by atoms with Crippen LogP contribution < -0.4 is 0 Å². The molecule has 0 radical (unpaired) electrons. The van der Waals surface area contributed by atoms with Crippen molar-refractivity contribution < 1.29 is 21.9 Å². The zero-order valence-electron chi connectivity index (χ0n) is 17.5. The van der Waals surface area contributed by atoms with E-state index in [0.717, 1.165) is 15.4 Å². The Morgan fingerprint density at radius 3 is 1.77 bits per heavy atom. The van der Waals surface area contributed by atoms with Crippen LogP contribution in [-0.4, -0.2) is 44.9 Å². The minimum Gasteiger partial charge on any atom is -0.394 e. The molecule has 0 fully saturated rings. The molecule has 1 aliphatic rings. The molecule has 8 heteroatoms. The Kier molecular flexibility index (Phi) is 6.25. The number of benzene rings is 2. The number of aliphatic hydroxyl groups is 1. The zero-order chi connectivity index (χ0) is 22.3. The van der Waals surface area contributed by atoms with Gasteiger partial charge in [-0.25, -0.2) is 16.8 Å². The molecular weight excluding hydrogens is 422 g/mol. The molecule has 1 heterocycles. The first-order valence-corrected chi connectivity index (χ1v) is 12.7. The monoisotopic (exact) mass is 449 g/mol. The van der Waals surface area contributed by atoms with Crippen LogP contribution in [-0.2, 0) is 19.9 Å². The first-order valence-electron chi connectivity index (χ1n) is 9.74. The number of nitrogens with zero attached hydrogens (tertiary/aromatic N) is 1. The van der Waals surface area contributed by atoms with Crippen LogP contribution in [0.5, 0.6) is 0 Å². The van der Waals surface area contributed by atoms with Gasteiger partial charge >= 0.3 is 0 Å². The van der Waals surface area contributed by atoms with Crippen molar-refractivity contribution in [2.24, 2.45) is 5.92 Å². The van der Waals surface area contributed by atoms with Crippen molar-refractivity contribution in [2.45, 2.75) is 49.6 Å². The molecule has 0 saturated heterocycles. The topological polar surface area (TPSA) is 91.8 Å². The predicted octanol–water partition coefficient (Wildman–Crippen LogP) is 3.05. The summed E-state index contributed by atoms with van der Waals surface area (Å²) in [4.78, 5) is 0.187. The number of aryl methyl sites for hydroxylation is 2. The largest absolute Gasteiger partial charge is 0.394 e. The average Bonchev–Trinajstić information content (AvgIpc) is 3.10. The molecule has 6 nitrogen and oxygen atoms in total. The standard InChI is InChI=1S/C22H27NO5S2/c1-15(2)22-21(29(25,26)19-9-5-16(3)6-10-19)13-18(14-24)23(22)30(27,28)20-11-7-17(4)8-12-20/h5-13,15,18,22,24H,14H2,1-4H3/t18-,22+/m1/s1. The van der Waals surface area contributed by atoms with Crippen LogP contribution in [0.15, 0.2) is 69.3 Å². The summed E-state index contributed by atoms with van der Waals surface area (Å²) in [5.41, 5.74) is 1.84. The van der Waals surface area contributed by atoms with Crippen molar-refractivity contribution in [1.29, 1.82) is 0 Å². The van der Waals surface area contributed by atoms with Crippen LogP contribution >= 0.6 is 0 Å². The molecule has 0 amide bonds. The molecule has 3 rings (SSSR count). The lowest BCUT2D eigenvalue weighted by atomic mass is 10.1. The first-order chi connectivity index (χ1) is 14.0. The molecule has 30 heavy (non-hydrogen) atoms. The van der Waals surface area contributed by atoms with Crippen molar-refractivity contribution in [3.63, 3.8) is 0 Å². The molecule has 1 aliphatic heterocycles. The van der Waals surface area contributed by atoms with Gasteiger partial charge in [-0.2, -0.15) is 4.31 Å². The number of sulfonamides is 1. The summed E-state index contributed by atoms with van der Waals surface area (Å²) in [6, 6.07) is 11.0. The number of rotatable bonds is 6.